The molecule has 4 aromatic carbocycles. The van der Waals surface area contributed by atoms with Crippen LogP contribution in [0.15, 0.2) is 109 Å². The molecule has 0 saturated carbocycles. The average Bonchev–Trinajstić information content (AvgIpc) is 3.81. The Morgan fingerprint density at radius 3 is 2.00 bits per heavy atom. The first-order chi connectivity index (χ1) is 27.6. The Morgan fingerprint density at radius 1 is 0.793 bits per heavy atom. The van der Waals surface area contributed by atoms with Gasteiger partial charge in [0.15, 0.2) is 0 Å². The van der Waals surface area contributed by atoms with Gasteiger partial charge in [0.2, 0.25) is 0 Å². The zero-order valence-electron chi connectivity index (χ0n) is 35.5. The van der Waals surface area contributed by atoms with Gasteiger partial charge in [-0.15, -0.1) is 0 Å². The predicted octanol–water partition coefficient (Wildman–Crippen LogP) is 11.3. The van der Waals surface area contributed by atoms with Gasteiger partial charge in [-0.2, -0.15) is 0 Å². The van der Waals surface area contributed by atoms with Gasteiger partial charge in [0.1, 0.15) is 29.4 Å². The SMILES string of the molecule is CCCCOC(=O)C(=C(C)OC(=O)OCC1c2cc(C(C)(C)C)ccc2-c2ccc(C(C)(C)C)cc21)C(c1ccc(OC)cc1OC)n1cnc(-c2ccccc2)c1. The maximum Gasteiger partial charge on any atom is 0.513 e. The number of benzene rings is 4. The summed E-state index contributed by atoms with van der Waals surface area (Å²) in [6.07, 6.45) is 4.06. The van der Waals surface area contributed by atoms with Crippen LogP contribution in [0.4, 0.5) is 4.79 Å². The van der Waals surface area contributed by atoms with Crippen LogP contribution in [0.2, 0.25) is 0 Å². The zero-order chi connectivity index (χ0) is 41.8. The molecule has 9 heteroatoms. The summed E-state index contributed by atoms with van der Waals surface area (Å²) in [4.78, 5) is 32.9. The molecule has 0 amide bonds. The number of ether oxygens (including phenoxy) is 5. The number of hydrogen-bond donors (Lipinski definition) is 0. The molecule has 58 heavy (non-hydrogen) atoms. The van der Waals surface area contributed by atoms with Crippen LogP contribution in [0.1, 0.15) is 108 Å². The molecule has 304 valence electrons. The number of nitrogens with zero attached hydrogens (tertiary/aromatic N) is 2. The van der Waals surface area contributed by atoms with Crippen LogP contribution in [0.5, 0.6) is 11.5 Å². The van der Waals surface area contributed by atoms with Crippen LogP contribution >= 0.6 is 0 Å². The fourth-order valence-electron chi connectivity index (χ4n) is 7.41. The van der Waals surface area contributed by atoms with Gasteiger partial charge in [-0.05, 0) is 69.7 Å². The molecule has 1 aliphatic carbocycles. The lowest BCUT2D eigenvalue weighted by Gasteiger charge is -2.25. The van der Waals surface area contributed by atoms with E-state index in [1.54, 1.807) is 44.2 Å². The number of carbonyl (C=O) groups is 2. The fourth-order valence-corrected chi connectivity index (χ4v) is 7.41. The number of esters is 1. The maximum atomic E-state index is 14.3. The monoisotopic (exact) mass is 784 g/mol. The Kier molecular flexibility index (Phi) is 12.5. The molecule has 0 saturated heterocycles. The van der Waals surface area contributed by atoms with E-state index in [2.05, 4.69) is 77.9 Å². The van der Waals surface area contributed by atoms with Crippen molar-refractivity contribution in [3.8, 4) is 33.9 Å². The van der Waals surface area contributed by atoms with E-state index in [4.69, 9.17) is 28.7 Å². The lowest BCUT2D eigenvalue weighted by Crippen LogP contribution is -2.24. The molecule has 0 fully saturated rings. The van der Waals surface area contributed by atoms with Crippen molar-refractivity contribution in [2.24, 2.45) is 0 Å². The van der Waals surface area contributed by atoms with E-state index in [0.717, 1.165) is 34.2 Å². The second-order valence-electron chi connectivity index (χ2n) is 16.9. The molecule has 9 nitrogen and oxygen atoms in total. The minimum atomic E-state index is -0.929. The summed E-state index contributed by atoms with van der Waals surface area (Å²) in [5.41, 5.74) is 9.00. The minimum Gasteiger partial charge on any atom is -0.497 e. The van der Waals surface area contributed by atoms with E-state index in [0.29, 0.717) is 29.2 Å². The zero-order valence-corrected chi connectivity index (χ0v) is 35.5. The first-order valence-corrected chi connectivity index (χ1v) is 20.0. The number of aromatic nitrogens is 2. The topological polar surface area (TPSA) is 98.1 Å². The summed E-state index contributed by atoms with van der Waals surface area (Å²) in [5.74, 6) is 0.197. The van der Waals surface area contributed by atoms with Gasteiger partial charge < -0.3 is 28.3 Å². The van der Waals surface area contributed by atoms with Gasteiger partial charge >= 0.3 is 12.1 Å². The van der Waals surface area contributed by atoms with Crippen LogP contribution < -0.4 is 9.47 Å². The number of methoxy groups -OCH3 is 2. The van der Waals surface area contributed by atoms with Crippen LogP contribution in [0.25, 0.3) is 22.4 Å². The molecule has 0 radical (unpaired) electrons. The van der Waals surface area contributed by atoms with Crippen molar-refractivity contribution in [3.05, 3.63) is 137 Å². The Balaban J connectivity index is 1.39. The van der Waals surface area contributed by atoms with Crippen LogP contribution in [0.3, 0.4) is 0 Å². The highest BCUT2D eigenvalue weighted by Crippen LogP contribution is 2.48. The Hall–Kier alpha value is -5.83. The number of carbonyl (C=O) groups excluding carboxylic acids is 2. The third-order valence-electron chi connectivity index (χ3n) is 10.8. The molecule has 0 N–H and O–H groups in total. The molecular weight excluding hydrogens is 729 g/mol. The standard InChI is InChI=1S/C49H56N2O7/c1-11-12-24-56-46(52)44(45(38-23-20-35(54-9)27-43(38)55-10)51-28-42(50-30-51)32-16-14-13-15-17-32)31(2)58-47(53)57-29-41-39-25-33(48(3,4)5)18-21-36(39)37-22-19-34(26-40(37)41)49(6,7)8/h13-23,25-28,30,41,45H,11-12,24,29H2,1-10H3. The predicted molar refractivity (Wildman–Crippen MR) is 227 cm³/mol. The summed E-state index contributed by atoms with van der Waals surface area (Å²) < 4.78 is 31.0. The Bertz CT molecular complexity index is 2230. The minimum absolute atomic E-state index is 0.0293. The van der Waals surface area contributed by atoms with Gasteiger partial charge in [0.05, 0.1) is 38.9 Å². The molecule has 0 aliphatic heterocycles. The van der Waals surface area contributed by atoms with E-state index in [1.165, 1.54) is 11.1 Å². The quantitative estimate of drug-likeness (QED) is 0.0504. The lowest BCUT2D eigenvalue weighted by molar-refractivity contribution is -0.139. The van der Waals surface area contributed by atoms with Crippen molar-refractivity contribution in [1.29, 1.82) is 0 Å². The largest absolute Gasteiger partial charge is 0.513 e. The highest BCUT2D eigenvalue weighted by atomic mass is 16.7. The molecule has 0 spiro atoms. The van der Waals surface area contributed by atoms with Gasteiger partial charge in [0.25, 0.3) is 0 Å². The van der Waals surface area contributed by atoms with Gasteiger partial charge in [-0.3, -0.25) is 0 Å². The smallest absolute Gasteiger partial charge is 0.497 e. The maximum absolute atomic E-state index is 14.3. The lowest BCUT2D eigenvalue weighted by atomic mass is 9.83. The molecular formula is C49H56N2O7. The number of hydrogen-bond acceptors (Lipinski definition) is 8. The summed E-state index contributed by atoms with van der Waals surface area (Å²) in [6.45, 7) is 17.0. The van der Waals surface area contributed by atoms with Crippen molar-refractivity contribution < 1.29 is 33.3 Å². The molecule has 0 bridgehead atoms. The van der Waals surface area contributed by atoms with Gasteiger partial charge in [0, 0.05) is 29.3 Å². The second-order valence-corrected chi connectivity index (χ2v) is 16.9. The Labute approximate surface area is 343 Å². The van der Waals surface area contributed by atoms with Gasteiger partial charge in [-0.1, -0.05) is 122 Å². The van der Waals surface area contributed by atoms with Crippen LogP contribution in [-0.4, -0.2) is 49.1 Å². The third-order valence-corrected chi connectivity index (χ3v) is 10.8. The molecule has 1 unspecified atom stereocenters. The Morgan fingerprint density at radius 2 is 1.43 bits per heavy atom. The summed E-state index contributed by atoms with van der Waals surface area (Å²) in [5, 5.41) is 0. The molecule has 1 aromatic heterocycles. The first-order valence-electron chi connectivity index (χ1n) is 20.0. The van der Waals surface area contributed by atoms with E-state index < -0.39 is 18.2 Å². The molecule has 1 aliphatic rings. The highest BCUT2D eigenvalue weighted by Gasteiger charge is 2.35. The van der Waals surface area contributed by atoms with E-state index in [-0.39, 0.29) is 41.3 Å². The average molecular weight is 785 g/mol. The number of allylic oxidation sites excluding steroid dienone is 1. The van der Waals surface area contributed by atoms with E-state index in [9.17, 15) is 9.59 Å². The normalized spacial score (nSPS) is 13.6. The third kappa shape index (κ3) is 8.99. The number of unbranched alkanes of at least 4 members (excludes halogenated alkanes) is 1. The van der Waals surface area contributed by atoms with Crippen molar-refractivity contribution >= 4 is 12.1 Å². The van der Waals surface area contributed by atoms with E-state index in [1.807, 2.05) is 49.5 Å². The number of rotatable bonds is 13. The molecule has 5 aromatic rings. The van der Waals surface area contributed by atoms with Crippen molar-refractivity contribution in [2.75, 3.05) is 27.4 Å². The first kappa shape index (κ1) is 41.8. The van der Waals surface area contributed by atoms with Crippen molar-refractivity contribution in [3.63, 3.8) is 0 Å². The van der Waals surface area contributed by atoms with Gasteiger partial charge in [-0.25, -0.2) is 14.6 Å². The fraction of sp³-hybridized carbons (Fsp3) is 0.367. The summed E-state index contributed by atoms with van der Waals surface area (Å²) in [6, 6.07) is 27.4. The molecule has 1 heterocycles. The second kappa shape index (κ2) is 17.3. The van der Waals surface area contributed by atoms with Crippen molar-refractivity contribution in [1.82, 2.24) is 9.55 Å². The van der Waals surface area contributed by atoms with Crippen LogP contribution in [-0.2, 0) is 29.8 Å². The van der Waals surface area contributed by atoms with E-state index >= 15 is 0 Å². The summed E-state index contributed by atoms with van der Waals surface area (Å²) in [7, 11) is 3.13. The molecule has 6 rings (SSSR count). The van der Waals surface area contributed by atoms with Crippen LogP contribution in [0, 0.1) is 0 Å². The molecule has 1 atom stereocenters. The number of imidazole rings is 1. The van der Waals surface area contributed by atoms with Crippen molar-refractivity contribution in [2.45, 2.75) is 91.0 Å². The highest BCUT2D eigenvalue weighted by molar-refractivity contribution is 5.91. The summed E-state index contributed by atoms with van der Waals surface area (Å²) >= 11 is 0. The number of fused-ring (bicyclic) bond motifs is 3.